The largest absolute Gasteiger partial charge is 0.488 e. The molecule has 2 aromatic carbocycles. The Kier molecular flexibility index (Phi) is 9.26. The zero-order chi connectivity index (χ0) is 45.5. The molecule has 0 bridgehead atoms. The monoisotopic (exact) mass is 923 g/mol. The maximum Gasteiger partial charge on any atom is 0.347 e. The van der Waals surface area contributed by atoms with E-state index >= 15 is 0 Å². The molecule has 0 spiro atoms. The van der Waals surface area contributed by atoms with Crippen molar-refractivity contribution in [2.24, 2.45) is 0 Å². The second-order valence-electron chi connectivity index (χ2n) is 20.6. The summed E-state index contributed by atoms with van der Waals surface area (Å²) in [5.41, 5.74) is 4.69. The highest BCUT2D eigenvalue weighted by atomic mass is 32.1. The van der Waals surface area contributed by atoms with Gasteiger partial charge in [-0.3, -0.25) is 9.97 Å². The predicted molar refractivity (Wildman–Crippen MR) is 265 cm³/mol. The van der Waals surface area contributed by atoms with Gasteiger partial charge in [0.1, 0.15) is 51.0 Å². The SMILES string of the molecule is CC(C)(C)Oc1cc(OC(C)(C)C)c2cc(-c3ccc(-c4cc5sc6cc(-c7cnc(-c8cc9cc%10c%11c(c9oc8=O)C(C)(C)CCN%11CCC%10(C)C)cn7)sc6c5s4)o3)c(=O)oc2c1. The van der Waals surface area contributed by atoms with Crippen molar-refractivity contribution in [2.45, 2.75) is 104 Å². The van der Waals surface area contributed by atoms with Gasteiger partial charge in [-0.1, -0.05) is 27.7 Å². The summed E-state index contributed by atoms with van der Waals surface area (Å²) in [6.07, 6.45) is 5.50. The first-order valence-corrected chi connectivity index (χ1v) is 24.4. The molecule has 0 saturated heterocycles. The minimum absolute atomic E-state index is 0.00665. The average molecular weight is 924 g/mol. The van der Waals surface area contributed by atoms with E-state index in [1.807, 2.05) is 65.8 Å². The predicted octanol–water partition coefficient (Wildman–Crippen LogP) is 14.0. The molecular weight excluding hydrogens is 875 g/mol. The van der Waals surface area contributed by atoms with Crippen LogP contribution < -0.4 is 25.6 Å². The van der Waals surface area contributed by atoms with Crippen LogP contribution in [0.2, 0.25) is 0 Å². The highest BCUT2D eigenvalue weighted by Gasteiger charge is 2.42. The van der Waals surface area contributed by atoms with Gasteiger partial charge in [-0.15, -0.1) is 34.0 Å². The van der Waals surface area contributed by atoms with Crippen molar-refractivity contribution in [1.29, 1.82) is 0 Å². The molecule has 13 heteroatoms. The first kappa shape index (κ1) is 41.9. The van der Waals surface area contributed by atoms with Crippen LogP contribution in [0.1, 0.15) is 93.2 Å². The lowest BCUT2D eigenvalue weighted by atomic mass is 9.69. The second kappa shape index (κ2) is 14.4. The molecule has 7 aromatic heterocycles. The molecule has 0 saturated carbocycles. The van der Waals surface area contributed by atoms with Crippen LogP contribution in [-0.2, 0) is 10.8 Å². The van der Waals surface area contributed by atoms with Gasteiger partial charge in [-0.25, -0.2) is 9.59 Å². The molecule has 0 atom stereocenters. The van der Waals surface area contributed by atoms with Crippen molar-refractivity contribution in [1.82, 2.24) is 9.97 Å². The fourth-order valence-corrected chi connectivity index (χ4v) is 13.2. The standard InChI is InChI=1S/C52H49N3O7S3/c1-49(2,3)61-27-19-36-29(37(20-27)62-50(4,5)6)21-30(48(57)59-36)34-11-12-35(58-34)39-23-41-46(65-39)45-40(63-41)22-38(64-45)33-25-53-32(24-54-33)28-17-26-18-31-43-42(44(26)60-47(28)56)52(9,10)14-16-55(43)15-13-51(31,7)8/h11-12,17-25H,13-16H2,1-10H3. The van der Waals surface area contributed by atoms with Gasteiger partial charge in [0, 0.05) is 51.3 Å². The van der Waals surface area contributed by atoms with E-state index in [-0.39, 0.29) is 10.8 Å². The molecule has 0 fully saturated rings. The van der Waals surface area contributed by atoms with Crippen LogP contribution in [0.5, 0.6) is 11.5 Å². The van der Waals surface area contributed by atoms with E-state index in [4.69, 9.17) is 32.7 Å². The molecule has 0 radical (unpaired) electrons. The Morgan fingerprint density at radius 2 is 1.31 bits per heavy atom. The molecule has 0 amide bonds. The van der Waals surface area contributed by atoms with Crippen molar-refractivity contribution in [3.63, 3.8) is 0 Å². The molecule has 65 heavy (non-hydrogen) atoms. The lowest BCUT2D eigenvalue weighted by Crippen LogP contribution is -2.44. The number of ether oxygens (including phenoxy) is 2. The Balaban J connectivity index is 0.888. The first-order chi connectivity index (χ1) is 30.7. The van der Waals surface area contributed by atoms with Gasteiger partial charge in [-0.05, 0) is 113 Å². The van der Waals surface area contributed by atoms with Crippen LogP contribution in [0.25, 0.3) is 84.5 Å². The van der Waals surface area contributed by atoms with Crippen molar-refractivity contribution in [3.05, 3.63) is 99.0 Å². The molecule has 2 aliphatic rings. The zero-order valence-corrected chi connectivity index (χ0v) is 40.6. The quantitative estimate of drug-likeness (QED) is 0.149. The van der Waals surface area contributed by atoms with Crippen LogP contribution in [0.3, 0.4) is 0 Å². The minimum Gasteiger partial charge on any atom is -0.488 e. The van der Waals surface area contributed by atoms with Gasteiger partial charge < -0.3 is 27.6 Å². The summed E-state index contributed by atoms with van der Waals surface area (Å²) >= 11 is 5.03. The number of furan rings is 1. The Hall–Kier alpha value is -5.76. The first-order valence-electron chi connectivity index (χ1n) is 22.0. The van der Waals surface area contributed by atoms with E-state index in [0.717, 1.165) is 71.1 Å². The van der Waals surface area contributed by atoms with Crippen LogP contribution in [0, 0.1) is 0 Å². The number of thiophene rings is 3. The van der Waals surface area contributed by atoms with Gasteiger partial charge in [0.2, 0.25) is 0 Å². The van der Waals surface area contributed by atoms with Gasteiger partial charge in [0.05, 0.1) is 53.9 Å². The summed E-state index contributed by atoms with van der Waals surface area (Å²) in [5.74, 6) is 2.17. The summed E-state index contributed by atoms with van der Waals surface area (Å²) < 4.78 is 35.6. The fourth-order valence-electron chi connectivity index (χ4n) is 9.28. The summed E-state index contributed by atoms with van der Waals surface area (Å²) in [5, 5.41) is 1.57. The van der Waals surface area contributed by atoms with Crippen LogP contribution in [0.4, 0.5) is 5.69 Å². The van der Waals surface area contributed by atoms with E-state index in [2.05, 4.69) is 50.8 Å². The maximum absolute atomic E-state index is 13.7. The Morgan fingerprint density at radius 1 is 0.662 bits per heavy atom. The molecule has 0 aliphatic carbocycles. The normalized spacial score (nSPS) is 15.9. The van der Waals surface area contributed by atoms with Crippen LogP contribution in [0.15, 0.2) is 89.8 Å². The third-order valence-corrected chi connectivity index (χ3v) is 16.3. The third kappa shape index (κ3) is 7.26. The Labute approximate surface area is 387 Å². The molecule has 0 unspecified atom stereocenters. The molecule has 332 valence electrons. The number of aromatic nitrogens is 2. The Morgan fingerprint density at radius 3 is 2.02 bits per heavy atom. The Bertz CT molecular complexity index is 3530. The molecule has 10 nitrogen and oxygen atoms in total. The van der Waals surface area contributed by atoms with E-state index in [0.29, 0.717) is 56.4 Å². The molecule has 9 heterocycles. The maximum atomic E-state index is 13.7. The molecular formula is C52H49N3O7S3. The summed E-state index contributed by atoms with van der Waals surface area (Å²) in [6.45, 7) is 23.0. The lowest BCUT2D eigenvalue weighted by Gasteiger charge is -2.48. The number of rotatable bonds is 6. The zero-order valence-electron chi connectivity index (χ0n) is 38.1. The lowest BCUT2D eigenvalue weighted by molar-refractivity contribution is 0.122. The number of anilines is 1. The highest BCUT2D eigenvalue weighted by Crippen LogP contribution is 2.52. The number of benzene rings is 2. The van der Waals surface area contributed by atoms with Crippen molar-refractivity contribution < 1.29 is 22.7 Å². The topological polar surface area (TPSA) is 121 Å². The van der Waals surface area contributed by atoms with Gasteiger partial charge in [-0.2, -0.15) is 0 Å². The van der Waals surface area contributed by atoms with Gasteiger partial charge in [0.25, 0.3) is 0 Å². The number of fused-ring (bicyclic) bond motifs is 6. The molecule has 11 rings (SSSR count). The average Bonchev–Trinajstić information content (AvgIpc) is 4.01. The van der Waals surface area contributed by atoms with Crippen LogP contribution in [-0.4, -0.2) is 34.3 Å². The van der Waals surface area contributed by atoms with Gasteiger partial charge in [0.15, 0.2) is 0 Å². The molecule has 2 aliphatic heterocycles. The summed E-state index contributed by atoms with van der Waals surface area (Å²) in [7, 11) is 0. The smallest absolute Gasteiger partial charge is 0.347 e. The minimum atomic E-state index is -0.516. The van der Waals surface area contributed by atoms with Crippen molar-refractivity contribution in [3.8, 4) is 55.3 Å². The summed E-state index contributed by atoms with van der Waals surface area (Å²) in [4.78, 5) is 41.2. The van der Waals surface area contributed by atoms with E-state index < -0.39 is 22.5 Å². The molecule has 9 aromatic rings. The number of hydrogen-bond donors (Lipinski definition) is 0. The third-order valence-electron chi connectivity index (χ3n) is 12.5. The van der Waals surface area contributed by atoms with Crippen LogP contribution >= 0.6 is 34.0 Å². The number of nitrogens with zero attached hydrogens (tertiary/aromatic N) is 3. The van der Waals surface area contributed by atoms with E-state index in [9.17, 15) is 9.59 Å². The number of hydrogen-bond acceptors (Lipinski definition) is 13. The highest BCUT2D eigenvalue weighted by molar-refractivity contribution is 7.40. The van der Waals surface area contributed by atoms with Gasteiger partial charge >= 0.3 is 11.3 Å². The van der Waals surface area contributed by atoms with Crippen molar-refractivity contribution in [2.75, 3.05) is 18.0 Å². The fraction of sp³-hybridized carbons (Fsp3) is 0.346. The second-order valence-corrected chi connectivity index (χ2v) is 23.8. The van der Waals surface area contributed by atoms with E-state index in [1.165, 1.54) is 11.3 Å². The van der Waals surface area contributed by atoms with E-state index in [1.54, 1.807) is 58.5 Å². The molecule has 0 N–H and O–H groups in total. The summed E-state index contributed by atoms with van der Waals surface area (Å²) in [6, 6.07) is 17.5. The van der Waals surface area contributed by atoms with Crippen molar-refractivity contribution >= 4 is 80.4 Å².